The molecule has 0 aliphatic carbocycles. The highest BCUT2D eigenvalue weighted by Gasteiger charge is 2.51. The summed E-state index contributed by atoms with van der Waals surface area (Å²) >= 11 is 0. The van der Waals surface area contributed by atoms with Gasteiger partial charge < -0.3 is 25.2 Å². The van der Waals surface area contributed by atoms with Crippen molar-refractivity contribution in [3.8, 4) is 11.8 Å². The fraction of sp³-hybridized carbons (Fsp3) is 0.235. The molecule has 1 aromatic heterocycles. The highest BCUT2D eigenvalue weighted by atomic mass is 16.3. The number of H-pyrrole nitrogens is 1. The third-order valence-electron chi connectivity index (χ3n) is 8.31. The van der Waals surface area contributed by atoms with Crippen LogP contribution in [0.15, 0.2) is 91.6 Å². The number of fused-ring (bicyclic) bond motifs is 2. The summed E-state index contributed by atoms with van der Waals surface area (Å²) in [6.45, 7) is 4.55. The number of benzene rings is 3. The molecule has 4 amide bonds. The number of hydrogen-bond donors (Lipinski definition) is 3. The third kappa shape index (κ3) is 5.83. The molecule has 4 aromatic rings. The van der Waals surface area contributed by atoms with Gasteiger partial charge >= 0.3 is 6.03 Å². The predicted octanol–water partition coefficient (Wildman–Crippen LogP) is 3.48. The lowest BCUT2D eigenvalue weighted by molar-refractivity contribution is -0.189. The zero-order valence-corrected chi connectivity index (χ0v) is 24.6. The molecule has 228 valence electrons. The smallest absolute Gasteiger partial charge is 0.334 e. The van der Waals surface area contributed by atoms with E-state index in [1.54, 1.807) is 46.4 Å². The minimum atomic E-state index is -0.895. The second kappa shape index (κ2) is 12.6. The van der Waals surface area contributed by atoms with Crippen LogP contribution in [0.2, 0.25) is 0 Å². The van der Waals surface area contributed by atoms with Gasteiger partial charge in [-0.2, -0.15) is 5.26 Å². The van der Waals surface area contributed by atoms with Gasteiger partial charge in [-0.25, -0.2) is 14.8 Å². The van der Waals surface area contributed by atoms with Crippen molar-refractivity contribution in [2.45, 2.75) is 31.7 Å². The summed E-state index contributed by atoms with van der Waals surface area (Å²) in [5, 5.41) is 26.3. The van der Waals surface area contributed by atoms with Gasteiger partial charge in [-0.3, -0.25) is 9.59 Å². The molecule has 2 fully saturated rings. The Morgan fingerprint density at radius 2 is 1.84 bits per heavy atom. The van der Waals surface area contributed by atoms with Crippen LogP contribution in [-0.2, 0) is 29.1 Å². The number of piperazine rings is 1. The van der Waals surface area contributed by atoms with E-state index < -0.39 is 18.2 Å². The predicted molar refractivity (Wildman–Crippen MR) is 167 cm³/mol. The summed E-state index contributed by atoms with van der Waals surface area (Å²) in [5.41, 5.74) is 3.76. The number of aromatic amines is 1. The number of rotatable bonds is 8. The second-order valence-corrected chi connectivity index (χ2v) is 11.2. The first-order chi connectivity index (χ1) is 21.9. The molecule has 2 aliphatic rings. The molecule has 6 rings (SSSR count). The summed E-state index contributed by atoms with van der Waals surface area (Å²) in [6, 6.07) is 22.6. The van der Waals surface area contributed by atoms with E-state index in [9.17, 15) is 24.8 Å². The van der Waals surface area contributed by atoms with Gasteiger partial charge in [0.1, 0.15) is 24.0 Å². The van der Waals surface area contributed by atoms with E-state index in [2.05, 4.69) is 22.9 Å². The van der Waals surface area contributed by atoms with Gasteiger partial charge in [0, 0.05) is 37.6 Å². The van der Waals surface area contributed by atoms with Crippen molar-refractivity contribution in [3.05, 3.63) is 114 Å². The molecule has 3 heterocycles. The van der Waals surface area contributed by atoms with Crippen LogP contribution in [0.4, 0.5) is 4.79 Å². The molecule has 0 unspecified atom stereocenters. The van der Waals surface area contributed by atoms with Gasteiger partial charge in [-0.05, 0) is 28.8 Å². The number of amides is 4. The quantitative estimate of drug-likeness (QED) is 0.264. The largest absolute Gasteiger partial charge is 0.508 e. The molecule has 0 bridgehead atoms. The molecule has 2 saturated heterocycles. The number of aromatic nitrogens is 1. The Bertz CT molecular complexity index is 1780. The van der Waals surface area contributed by atoms with Crippen molar-refractivity contribution in [2.75, 3.05) is 19.6 Å². The highest BCUT2D eigenvalue weighted by Crippen LogP contribution is 2.31. The van der Waals surface area contributed by atoms with Crippen LogP contribution in [0.25, 0.3) is 10.9 Å². The number of nitrogens with one attached hydrogen (secondary N) is 2. The highest BCUT2D eigenvalue weighted by molar-refractivity contribution is 5.92. The monoisotopic (exact) mass is 603 g/mol. The van der Waals surface area contributed by atoms with Crippen molar-refractivity contribution >= 4 is 28.7 Å². The van der Waals surface area contributed by atoms with Crippen molar-refractivity contribution in [3.63, 3.8) is 0 Å². The normalized spacial score (nSPS) is 18.5. The van der Waals surface area contributed by atoms with Gasteiger partial charge in [0.15, 0.2) is 0 Å². The maximum absolute atomic E-state index is 14.3. The van der Waals surface area contributed by atoms with Crippen LogP contribution in [0.1, 0.15) is 22.3 Å². The summed E-state index contributed by atoms with van der Waals surface area (Å²) in [5.74, 6) is -0.422. The number of para-hydroxylation sites is 1. The number of hydrogen-bond acceptors (Lipinski definition) is 6. The van der Waals surface area contributed by atoms with E-state index in [4.69, 9.17) is 0 Å². The molecular weight excluding hydrogens is 570 g/mol. The van der Waals surface area contributed by atoms with Crippen LogP contribution in [-0.4, -0.2) is 79.6 Å². The number of phenols is 1. The Labute approximate surface area is 260 Å². The van der Waals surface area contributed by atoms with Crippen molar-refractivity contribution in [1.82, 2.24) is 30.1 Å². The Morgan fingerprint density at radius 1 is 1.07 bits per heavy atom. The number of phenolic OH excluding ortho intramolecular Hbond substituents is 1. The minimum absolute atomic E-state index is 0.0747. The first kappa shape index (κ1) is 29.5. The number of urea groups is 1. The van der Waals surface area contributed by atoms with Crippen LogP contribution in [0.5, 0.6) is 5.75 Å². The average molecular weight is 604 g/mol. The molecule has 0 radical (unpaired) electrons. The lowest BCUT2D eigenvalue weighted by Gasteiger charge is -2.55. The minimum Gasteiger partial charge on any atom is -0.508 e. The summed E-state index contributed by atoms with van der Waals surface area (Å²) in [4.78, 5) is 48.3. The number of nitrogens with zero attached hydrogens (tertiary/aromatic N) is 5. The van der Waals surface area contributed by atoms with Gasteiger partial charge in [0.05, 0.1) is 24.2 Å². The molecule has 11 heteroatoms. The molecule has 0 saturated carbocycles. The zero-order chi connectivity index (χ0) is 31.5. The van der Waals surface area contributed by atoms with Crippen LogP contribution < -0.4 is 5.32 Å². The molecule has 2 aliphatic heterocycles. The number of hydrazine groups is 1. The van der Waals surface area contributed by atoms with E-state index in [1.807, 2.05) is 48.5 Å². The molecular formula is C34H33N7O4. The number of nitriles is 1. The lowest BCUT2D eigenvalue weighted by atomic mass is 9.98. The van der Waals surface area contributed by atoms with E-state index in [1.165, 1.54) is 9.91 Å². The van der Waals surface area contributed by atoms with Gasteiger partial charge in [-0.1, -0.05) is 66.7 Å². The number of carbonyl (C=O) groups is 3. The maximum Gasteiger partial charge on any atom is 0.334 e. The molecule has 45 heavy (non-hydrogen) atoms. The fourth-order valence-corrected chi connectivity index (χ4v) is 6.20. The van der Waals surface area contributed by atoms with Crippen LogP contribution >= 0.6 is 0 Å². The van der Waals surface area contributed by atoms with Gasteiger partial charge in [-0.15, -0.1) is 6.58 Å². The number of aromatic hydroxyl groups is 1. The topological polar surface area (TPSA) is 136 Å². The van der Waals surface area contributed by atoms with Crippen molar-refractivity contribution in [1.29, 1.82) is 5.26 Å². The van der Waals surface area contributed by atoms with Crippen LogP contribution in [0, 0.1) is 11.3 Å². The first-order valence-corrected chi connectivity index (χ1v) is 14.7. The standard InChI is InChI=1S/C34H33N7O4/c1-2-15-39-22-31(43)40-29(16-23-11-13-27(42)14-12-23)33(44)38(20-25-9-6-10-28-26(17-35)19-36-32(25)28)21-30(40)41(39)34(45)37-18-24-7-4-3-5-8-24/h2-14,19,29-30,36,42H,1,15-16,18,20-22H2,(H,37,45)/t29-,30-/m0/s1. The maximum atomic E-state index is 14.3. The molecule has 3 N–H and O–H groups in total. The molecule has 3 aromatic carbocycles. The van der Waals surface area contributed by atoms with E-state index in [0.717, 1.165) is 27.6 Å². The summed E-state index contributed by atoms with van der Waals surface area (Å²) in [6.07, 6.45) is 2.69. The molecule has 11 nitrogen and oxygen atoms in total. The Balaban J connectivity index is 1.37. The van der Waals surface area contributed by atoms with Crippen molar-refractivity contribution < 1.29 is 19.5 Å². The molecule has 2 atom stereocenters. The van der Waals surface area contributed by atoms with Gasteiger partial charge in [0.25, 0.3) is 0 Å². The van der Waals surface area contributed by atoms with Crippen LogP contribution in [0.3, 0.4) is 0 Å². The third-order valence-corrected chi connectivity index (χ3v) is 8.31. The average Bonchev–Trinajstić information content (AvgIpc) is 3.48. The lowest BCUT2D eigenvalue weighted by Crippen LogP contribution is -2.76. The zero-order valence-electron chi connectivity index (χ0n) is 24.6. The first-order valence-electron chi connectivity index (χ1n) is 14.7. The van der Waals surface area contributed by atoms with E-state index >= 15 is 0 Å². The fourth-order valence-electron chi connectivity index (χ4n) is 6.20. The Hall–Kier alpha value is -5.60. The van der Waals surface area contributed by atoms with Gasteiger partial charge in [0.2, 0.25) is 11.8 Å². The summed E-state index contributed by atoms with van der Waals surface area (Å²) < 4.78 is 0. The summed E-state index contributed by atoms with van der Waals surface area (Å²) in [7, 11) is 0. The Kier molecular flexibility index (Phi) is 8.22. The number of carbonyl (C=O) groups excluding carboxylic acids is 3. The second-order valence-electron chi connectivity index (χ2n) is 11.2. The Morgan fingerprint density at radius 3 is 2.58 bits per heavy atom. The SMILES string of the molecule is C=CCN1CC(=O)N2[C@@H](Cc3ccc(O)cc3)C(=O)N(Cc3cccc4c(C#N)c[nH]c34)C[C@@H]2N1C(=O)NCc1ccccc1. The molecule has 0 spiro atoms. The van der Waals surface area contributed by atoms with E-state index in [0.29, 0.717) is 5.56 Å². The van der Waals surface area contributed by atoms with Crippen molar-refractivity contribution in [2.24, 2.45) is 0 Å². The van der Waals surface area contributed by atoms with E-state index in [-0.39, 0.29) is 56.7 Å².